The quantitative estimate of drug-likeness (QED) is 0.174. The Balaban J connectivity index is 0.000000247. The second-order valence-corrected chi connectivity index (χ2v) is 23.8. The fraction of sp³-hybridized carbons (Fsp3) is 0.178. The first-order valence-corrected chi connectivity index (χ1v) is 34.0. The molecule has 0 bridgehead atoms. The Hall–Kier alpha value is -10.1. The van der Waals surface area contributed by atoms with Gasteiger partial charge in [-0.15, -0.1) is 0 Å². The van der Waals surface area contributed by atoms with Gasteiger partial charge in [-0.05, 0) is 165 Å². The molecule has 4 aliphatic carbocycles. The van der Waals surface area contributed by atoms with Crippen LogP contribution in [0.25, 0.3) is 78.5 Å². The molecule has 2 aliphatic heterocycles. The molecule has 0 radical (unpaired) electrons. The summed E-state index contributed by atoms with van der Waals surface area (Å²) in [4.78, 5) is 5.03. The highest BCUT2D eigenvalue weighted by Crippen LogP contribution is 2.45. The summed E-state index contributed by atoms with van der Waals surface area (Å²) < 4.78 is 0. The lowest BCUT2D eigenvalue weighted by Gasteiger charge is -2.48. The second kappa shape index (κ2) is 31.0. The lowest BCUT2D eigenvalue weighted by atomic mass is 9.84. The van der Waals surface area contributed by atoms with Crippen molar-refractivity contribution in [2.24, 2.45) is 5.92 Å². The van der Waals surface area contributed by atoms with Gasteiger partial charge in [-0.25, -0.2) is 0 Å². The number of allylic oxidation sites excluding steroid dienone is 9. The Bertz CT molecular complexity index is 4670. The van der Waals surface area contributed by atoms with Crippen LogP contribution in [0, 0.1) is 5.92 Å². The van der Waals surface area contributed by atoms with Crippen molar-refractivity contribution in [1.29, 1.82) is 0 Å². The molecule has 4 nitrogen and oxygen atoms in total. The van der Waals surface area contributed by atoms with Crippen molar-refractivity contribution >= 4 is 56.2 Å². The van der Waals surface area contributed by atoms with Crippen molar-refractivity contribution < 1.29 is 0 Å². The number of likely N-dealkylation sites (N-methyl/N-ethyl adjacent to an activating group) is 1. The molecule has 0 aromatic heterocycles. The fourth-order valence-corrected chi connectivity index (χ4v) is 14.0. The molecule has 0 amide bonds. The van der Waals surface area contributed by atoms with Crippen LogP contribution in [0.5, 0.6) is 0 Å². The minimum Gasteiger partial charge on any atom is -0.365 e. The van der Waals surface area contributed by atoms with Crippen LogP contribution in [-0.4, -0.2) is 36.0 Å². The summed E-state index contributed by atoms with van der Waals surface area (Å²) in [5.74, 6) is 0.489. The number of nitrogens with zero attached hydrogens (tertiary/aromatic N) is 2. The number of hydrogen-bond acceptors (Lipinski definition) is 4. The first-order valence-electron chi connectivity index (χ1n) is 34.0. The van der Waals surface area contributed by atoms with Crippen molar-refractivity contribution in [3.8, 4) is 22.3 Å². The third-order valence-electron chi connectivity index (χ3n) is 18.4. The summed E-state index contributed by atoms with van der Waals surface area (Å²) in [6.45, 7) is 18.3. The Kier molecular flexibility index (Phi) is 21.6. The van der Waals surface area contributed by atoms with Crippen LogP contribution in [0.15, 0.2) is 320 Å². The smallest absolute Gasteiger partial charge is 0.108 e. The predicted octanol–water partition coefficient (Wildman–Crippen LogP) is 21.0. The summed E-state index contributed by atoms with van der Waals surface area (Å²) >= 11 is 0. The number of hydrogen-bond donors (Lipinski definition) is 2. The SMILES string of the molecule is C=c1cccc/c1=C1\C=CC=CC1C.CC.CC.CC.CN1C(c2ccc3c(c2)CCC(C2=C4C=CC=CC4NC(c4cccc(-c5cccc6ccccc56)c4)N2)=C3)=C2C=CC=CC2N(C)C1c1cccc(-c2cccc3ccccc23)c1.c1ccc2ccccc2c1. The van der Waals surface area contributed by atoms with E-state index in [1.54, 1.807) is 0 Å². The largest absolute Gasteiger partial charge is 0.365 e. The number of benzene rings is 10. The summed E-state index contributed by atoms with van der Waals surface area (Å²) in [6, 6.07) is 81.3. The zero-order valence-electron chi connectivity index (χ0n) is 56.3. The van der Waals surface area contributed by atoms with Crippen LogP contribution in [-0.2, 0) is 6.42 Å². The molecule has 0 saturated carbocycles. The molecule has 5 atom stereocenters. The van der Waals surface area contributed by atoms with Crippen LogP contribution >= 0.6 is 0 Å². The molecule has 6 aliphatic rings. The third-order valence-corrected chi connectivity index (χ3v) is 18.4. The van der Waals surface area contributed by atoms with Gasteiger partial charge in [-0.1, -0.05) is 334 Å². The second-order valence-electron chi connectivity index (χ2n) is 23.8. The van der Waals surface area contributed by atoms with Gasteiger partial charge in [0, 0.05) is 12.7 Å². The summed E-state index contributed by atoms with van der Waals surface area (Å²) in [5, 5.41) is 18.0. The molecule has 0 saturated heterocycles. The average Bonchev–Trinajstić information content (AvgIpc) is 0.757. The normalized spacial score (nSPS) is 19.4. The summed E-state index contributed by atoms with van der Waals surface area (Å²) in [5.41, 5.74) is 19.4. The van der Waals surface area contributed by atoms with Gasteiger partial charge < -0.3 is 10.2 Å². The zero-order chi connectivity index (χ0) is 65.5. The van der Waals surface area contributed by atoms with E-state index in [2.05, 4.69) is 345 Å². The van der Waals surface area contributed by atoms with Gasteiger partial charge >= 0.3 is 0 Å². The standard InChI is InChI=1S/C60H50N4.C14H14.C10H8.3C2H6/c1-63-56-30-10-8-26-54(56)58(64(2)60(63)48-22-12-20-44(38-48)52-28-14-18-40-16-4-6-24-50(40)52)46-34-32-41-35-45(33-31-42(41)36-46)57-53-25-7-9-29-55(53)61-59(62-57)47-21-11-19-43(37-47)51-27-13-17-39-15-3-5-23-49(39)51;1-11-7-3-5-9-13(11)14-10-6-4-8-12(14)2;1-2-6-10-8-4-3-7-9(10)5-1;3*1-2/h3-30,32,34-38,55-56,59-62H,31,33H2,1-2H3;3-10,12H,1H2,2H3;1-8H;3*1-2H3/b;14-13-;;;;. The van der Waals surface area contributed by atoms with Crippen LogP contribution in [0.3, 0.4) is 0 Å². The maximum Gasteiger partial charge on any atom is 0.108 e. The van der Waals surface area contributed by atoms with E-state index >= 15 is 0 Å². The minimum absolute atomic E-state index is 0.0425. The van der Waals surface area contributed by atoms with Crippen LogP contribution < -0.4 is 21.1 Å². The molecule has 0 spiro atoms. The highest BCUT2D eigenvalue weighted by molar-refractivity contribution is 5.98. The van der Waals surface area contributed by atoms with E-state index in [0.29, 0.717) is 5.92 Å². The van der Waals surface area contributed by atoms with Crippen molar-refractivity contribution in [2.45, 2.75) is 85.7 Å². The van der Waals surface area contributed by atoms with Gasteiger partial charge in [0.25, 0.3) is 0 Å². The molecular weight excluding hydrogens is 1140 g/mol. The number of rotatable bonds is 6. The average molecular weight is 1230 g/mol. The predicted molar refractivity (Wildman–Crippen MR) is 407 cm³/mol. The Labute approximate surface area is 559 Å². The highest BCUT2D eigenvalue weighted by atomic mass is 15.4. The van der Waals surface area contributed by atoms with E-state index in [4.69, 9.17) is 0 Å². The maximum absolute atomic E-state index is 4.05. The van der Waals surface area contributed by atoms with Gasteiger partial charge in [-0.3, -0.25) is 10.2 Å². The van der Waals surface area contributed by atoms with Crippen molar-refractivity contribution in [3.63, 3.8) is 0 Å². The van der Waals surface area contributed by atoms with Gasteiger partial charge in [0.1, 0.15) is 12.3 Å². The van der Waals surface area contributed by atoms with Gasteiger partial charge in [-0.2, -0.15) is 0 Å². The van der Waals surface area contributed by atoms with E-state index in [-0.39, 0.29) is 24.4 Å². The molecule has 470 valence electrons. The van der Waals surface area contributed by atoms with Crippen LogP contribution in [0.1, 0.15) is 95.0 Å². The molecular formula is C90H90N4. The summed E-state index contributed by atoms with van der Waals surface area (Å²) in [7, 11) is 4.55. The summed E-state index contributed by atoms with van der Waals surface area (Å²) in [6.07, 6.45) is 30.9. The fourth-order valence-electron chi connectivity index (χ4n) is 14.0. The number of nitrogens with one attached hydrogen (secondary N) is 2. The number of aryl methyl sites for hydroxylation is 1. The first-order chi connectivity index (χ1) is 46.3. The Morgan fingerprint density at radius 3 is 1.60 bits per heavy atom. The monoisotopic (exact) mass is 1230 g/mol. The molecule has 16 rings (SSSR count). The van der Waals surface area contributed by atoms with Crippen molar-refractivity contribution in [3.05, 3.63) is 358 Å². The molecule has 4 heteroatoms. The first kappa shape index (κ1) is 65.4. The van der Waals surface area contributed by atoms with E-state index in [0.717, 1.165) is 18.1 Å². The van der Waals surface area contributed by atoms with Gasteiger partial charge in [0.05, 0.1) is 17.8 Å². The van der Waals surface area contributed by atoms with Crippen molar-refractivity contribution in [1.82, 2.24) is 20.4 Å². The van der Waals surface area contributed by atoms with E-state index in [1.807, 2.05) is 47.6 Å². The highest BCUT2D eigenvalue weighted by Gasteiger charge is 2.38. The molecule has 10 aromatic rings. The molecule has 94 heavy (non-hydrogen) atoms. The molecule has 5 unspecified atom stereocenters. The lowest BCUT2D eigenvalue weighted by Crippen LogP contribution is -2.47. The topological polar surface area (TPSA) is 30.5 Å². The van der Waals surface area contributed by atoms with Gasteiger partial charge in [0.15, 0.2) is 0 Å². The van der Waals surface area contributed by atoms with Crippen LogP contribution in [0.4, 0.5) is 0 Å². The lowest BCUT2D eigenvalue weighted by molar-refractivity contribution is 0.0999. The third kappa shape index (κ3) is 14.0. The zero-order valence-corrected chi connectivity index (χ0v) is 56.3. The molecule has 10 aromatic carbocycles. The molecule has 2 heterocycles. The Morgan fingerprint density at radius 1 is 0.447 bits per heavy atom. The van der Waals surface area contributed by atoms with E-state index < -0.39 is 0 Å². The maximum atomic E-state index is 4.05. The molecule has 0 fully saturated rings. The Morgan fingerprint density at radius 2 is 0.968 bits per heavy atom. The number of fused-ring (bicyclic) bond motifs is 6. The van der Waals surface area contributed by atoms with Gasteiger partial charge in [0.2, 0.25) is 0 Å². The minimum atomic E-state index is -0.0425. The van der Waals surface area contributed by atoms with E-state index in [9.17, 15) is 0 Å². The molecule has 2 N–H and O–H groups in total. The van der Waals surface area contributed by atoms with E-state index in [1.165, 1.54) is 121 Å². The van der Waals surface area contributed by atoms with Crippen molar-refractivity contribution in [2.75, 3.05) is 14.1 Å². The van der Waals surface area contributed by atoms with Crippen LogP contribution in [0.2, 0.25) is 0 Å².